The third-order valence-corrected chi connectivity index (χ3v) is 4.83. The van der Waals surface area contributed by atoms with Gasteiger partial charge in [-0.3, -0.25) is 9.59 Å². The van der Waals surface area contributed by atoms with E-state index in [0.29, 0.717) is 36.6 Å². The predicted molar refractivity (Wildman–Crippen MR) is 111 cm³/mol. The average molecular weight is 425 g/mol. The zero-order chi connectivity index (χ0) is 21.8. The van der Waals surface area contributed by atoms with Crippen LogP contribution in [-0.2, 0) is 19.1 Å². The first kappa shape index (κ1) is 23.0. The number of nitrogens with one attached hydrogen (secondary N) is 1. The molecule has 160 valence electrons. The van der Waals surface area contributed by atoms with Crippen molar-refractivity contribution in [3.05, 3.63) is 28.8 Å². The monoisotopic (exact) mass is 424 g/mol. The van der Waals surface area contributed by atoms with Gasteiger partial charge in [0.25, 0.3) is 5.91 Å². The first-order chi connectivity index (χ1) is 13.5. The molecule has 0 unspecified atom stereocenters. The van der Waals surface area contributed by atoms with Crippen molar-refractivity contribution in [2.45, 2.75) is 59.2 Å². The van der Waals surface area contributed by atoms with E-state index in [1.54, 1.807) is 23.1 Å². The number of hydrogen-bond acceptors (Lipinski definition) is 5. The molecule has 1 heterocycles. The van der Waals surface area contributed by atoms with Crippen LogP contribution in [0.2, 0.25) is 5.02 Å². The van der Waals surface area contributed by atoms with Crippen LogP contribution in [0, 0.1) is 12.8 Å². The fourth-order valence-electron chi connectivity index (χ4n) is 2.91. The van der Waals surface area contributed by atoms with Crippen LogP contribution in [-0.4, -0.2) is 47.7 Å². The number of benzene rings is 1. The van der Waals surface area contributed by atoms with Crippen LogP contribution in [0.3, 0.4) is 0 Å². The molecule has 8 heteroatoms. The topological polar surface area (TPSA) is 84.9 Å². The van der Waals surface area contributed by atoms with Gasteiger partial charge in [0.2, 0.25) is 0 Å². The van der Waals surface area contributed by atoms with Gasteiger partial charge in [-0.05, 0) is 65.2 Å². The predicted octanol–water partition coefficient (Wildman–Crippen LogP) is 4.17. The second-order valence-electron chi connectivity index (χ2n) is 8.27. The number of ether oxygens (including phenoxy) is 2. The molecule has 1 aromatic carbocycles. The molecule has 0 radical (unpaired) electrons. The van der Waals surface area contributed by atoms with Crippen molar-refractivity contribution in [1.82, 2.24) is 4.90 Å². The minimum Gasteiger partial charge on any atom is -0.452 e. The summed E-state index contributed by atoms with van der Waals surface area (Å²) in [6, 6.07) is 5.18. The lowest BCUT2D eigenvalue weighted by Gasteiger charge is -2.32. The first-order valence-electron chi connectivity index (χ1n) is 9.71. The SMILES string of the molecule is Cc1ccc(Cl)cc1NC(=O)[C@H](C)OC(=O)C1CCN(C(=O)OC(C)(C)C)CC1. The van der Waals surface area contributed by atoms with Crippen LogP contribution in [0.4, 0.5) is 10.5 Å². The third kappa shape index (κ3) is 6.92. The van der Waals surface area contributed by atoms with E-state index in [9.17, 15) is 14.4 Å². The summed E-state index contributed by atoms with van der Waals surface area (Å²) >= 11 is 5.96. The molecule has 2 amide bonds. The highest BCUT2D eigenvalue weighted by Gasteiger charge is 2.32. The Labute approximate surface area is 176 Å². The van der Waals surface area contributed by atoms with Gasteiger partial charge in [-0.1, -0.05) is 17.7 Å². The van der Waals surface area contributed by atoms with Crippen LogP contribution < -0.4 is 5.32 Å². The number of likely N-dealkylation sites (tertiary alicyclic amines) is 1. The molecule has 1 fully saturated rings. The fourth-order valence-corrected chi connectivity index (χ4v) is 3.08. The van der Waals surface area contributed by atoms with Gasteiger partial charge in [-0.15, -0.1) is 0 Å². The number of hydrogen-bond donors (Lipinski definition) is 1. The number of amides is 2. The Morgan fingerprint density at radius 3 is 2.41 bits per heavy atom. The summed E-state index contributed by atoms with van der Waals surface area (Å²) in [6.07, 6.45) is -0.377. The van der Waals surface area contributed by atoms with Crippen molar-refractivity contribution < 1.29 is 23.9 Å². The van der Waals surface area contributed by atoms with Gasteiger partial charge in [0.15, 0.2) is 6.10 Å². The Morgan fingerprint density at radius 2 is 1.83 bits per heavy atom. The van der Waals surface area contributed by atoms with E-state index in [1.165, 1.54) is 6.92 Å². The molecule has 0 bridgehead atoms. The Bertz CT molecular complexity index is 767. The first-order valence-corrected chi connectivity index (χ1v) is 10.1. The molecular weight excluding hydrogens is 396 g/mol. The van der Waals surface area contributed by atoms with Gasteiger partial charge in [0.1, 0.15) is 5.60 Å². The molecule has 1 atom stereocenters. The van der Waals surface area contributed by atoms with E-state index in [0.717, 1.165) is 5.56 Å². The maximum atomic E-state index is 12.4. The summed E-state index contributed by atoms with van der Waals surface area (Å²) < 4.78 is 10.7. The normalized spacial score (nSPS) is 16.1. The number of aryl methyl sites for hydroxylation is 1. The summed E-state index contributed by atoms with van der Waals surface area (Å²) in [5, 5.41) is 3.24. The van der Waals surface area contributed by atoms with Gasteiger partial charge in [-0.2, -0.15) is 0 Å². The summed E-state index contributed by atoms with van der Waals surface area (Å²) in [7, 11) is 0. The Balaban J connectivity index is 1.83. The fraction of sp³-hybridized carbons (Fsp3) is 0.571. The largest absolute Gasteiger partial charge is 0.452 e. The van der Waals surface area contributed by atoms with E-state index in [2.05, 4.69) is 5.32 Å². The smallest absolute Gasteiger partial charge is 0.410 e. The van der Waals surface area contributed by atoms with E-state index < -0.39 is 23.6 Å². The van der Waals surface area contributed by atoms with Gasteiger partial charge < -0.3 is 19.7 Å². The molecule has 0 aliphatic carbocycles. The second-order valence-corrected chi connectivity index (χ2v) is 8.71. The van der Waals surface area contributed by atoms with Crippen LogP contribution in [0.5, 0.6) is 0 Å². The molecule has 1 aliphatic rings. The molecule has 0 saturated carbocycles. The number of carbonyl (C=O) groups excluding carboxylic acids is 3. The maximum absolute atomic E-state index is 12.4. The minimum absolute atomic E-state index is 0.350. The van der Waals surface area contributed by atoms with Crippen molar-refractivity contribution in [2.24, 2.45) is 5.92 Å². The molecule has 7 nitrogen and oxygen atoms in total. The number of esters is 1. The van der Waals surface area contributed by atoms with Gasteiger partial charge in [-0.25, -0.2) is 4.79 Å². The van der Waals surface area contributed by atoms with E-state index in [-0.39, 0.29) is 12.0 Å². The molecule has 1 saturated heterocycles. The highest BCUT2D eigenvalue weighted by molar-refractivity contribution is 6.31. The van der Waals surface area contributed by atoms with Crippen molar-refractivity contribution in [3.63, 3.8) is 0 Å². The number of rotatable bonds is 4. The van der Waals surface area contributed by atoms with Crippen molar-refractivity contribution in [1.29, 1.82) is 0 Å². The lowest BCUT2D eigenvalue weighted by atomic mass is 9.97. The molecule has 1 aromatic rings. The van der Waals surface area contributed by atoms with E-state index in [1.807, 2.05) is 27.7 Å². The van der Waals surface area contributed by atoms with Crippen LogP contribution in [0.15, 0.2) is 18.2 Å². The number of carbonyl (C=O) groups is 3. The molecule has 29 heavy (non-hydrogen) atoms. The summed E-state index contributed by atoms with van der Waals surface area (Å²) in [5.74, 6) is -1.20. The highest BCUT2D eigenvalue weighted by Crippen LogP contribution is 2.23. The van der Waals surface area contributed by atoms with E-state index in [4.69, 9.17) is 21.1 Å². The summed E-state index contributed by atoms with van der Waals surface area (Å²) in [4.78, 5) is 38.5. The number of anilines is 1. The Hall–Kier alpha value is -2.28. The zero-order valence-electron chi connectivity index (χ0n) is 17.6. The third-order valence-electron chi connectivity index (χ3n) is 4.60. The molecular formula is C21H29ClN2O5. The van der Waals surface area contributed by atoms with Crippen LogP contribution in [0.25, 0.3) is 0 Å². The quantitative estimate of drug-likeness (QED) is 0.733. The van der Waals surface area contributed by atoms with Gasteiger partial charge in [0.05, 0.1) is 5.92 Å². The molecule has 2 rings (SSSR count). The van der Waals surface area contributed by atoms with Gasteiger partial charge in [0, 0.05) is 23.8 Å². The van der Waals surface area contributed by atoms with Crippen molar-refractivity contribution >= 4 is 35.3 Å². The van der Waals surface area contributed by atoms with Crippen molar-refractivity contribution in [2.75, 3.05) is 18.4 Å². The maximum Gasteiger partial charge on any atom is 0.410 e. The lowest BCUT2D eigenvalue weighted by Crippen LogP contribution is -2.43. The van der Waals surface area contributed by atoms with Gasteiger partial charge >= 0.3 is 12.1 Å². The standard InChI is InChI=1S/C21H29ClN2O5/c1-13-6-7-16(22)12-17(13)23-18(25)14(2)28-19(26)15-8-10-24(11-9-15)20(27)29-21(3,4)5/h6-7,12,14-15H,8-11H2,1-5H3,(H,23,25)/t14-/m0/s1. The average Bonchev–Trinajstić information content (AvgIpc) is 2.63. The van der Waals surface area contributed by atoms with Crippen LogP contribution >= 0.6 is 11.6 Å². The zero-order valence-corrected chi connectivity index (χ0v) is 18.3. The minimum atomic E-state index is -0.940. The second kappa shape index (κ2) is 9.48. The molecule has 1 aliphatic heterocycles. The molecule has 1 N–H and O–H groups in total. The van der Waals surface area contributed by atoms with Crippen molar-refractivity contribution in [3.8, 4) is 0 Å². The summed E-state index contributed by atoms with van der Waals surface area (Å²) in [6.45, 7) is 9.64. The Kier molecular flexibility index (Phi) is 7.52. The number of piperidine rings is 1. The number of nitrogens with zero attached hydrogens (tertiary/aromatic N) is 1. The van der Waals surface area contributed by atoms with Crippen LogP contribution in [0.1, 0.15) is 46.1 Å². The molecule has 0 aromatic heterocycles. The lowest BCUT2D eigenvalue weighted by molar-refractivity contribution is -0.158. The highest BCUT2D eigenvalue weighted by atomic mass is 35.5. The van der Waals surface area contributed by atoms with E-state index >= 15 is 0 Å². The summed E-state index contributed by atoms with van der Waals surface area (Å²) in [5.41, 5.74) is 0.878. The Morgan fingerprint density at radius 1 is 1.21 bits per heavy atom. The number of halogens is 1. The molecule has 0 spiro atoms.